The standard InChI is InChI=1S/C13H18ClN3O2/c1-19-9-2-3-10(14)11(6-9)16-8-13(4-5-13)7-12(15)17-18/h2-3,6,16,18H,4-5,7-8H2,1H3,(H2,15,17). The van der Waals surface area contributed by atoms with Gasteiger partial charge in [0, 0.05) is 19.0 Å². The average molecular weight is 284 g/mol. The van der Waals surface area contributed by atoms with E-state index in [-0.39, 0.29) is 11.3 Å². The van der Waals surface area contributed by atoms with Crippen LogP contribution < -0.4 is 15.8 Å². The molecule has 0 saturated heterocycles. The van der Waals surface area contributed by atoms with Crippen molar-refractivity contribution in [1.82, 2.24) is 0 Å². The third-order valence-electron chi connectivity index (χ3n) is 3.47. The van der Waals surface area contributed by atoms with Crippen molar-refractivity contribution < 1.29 is 9.94 Å². The monoisotopic (exact) mass is 283 g/mol. The van der Waals surface area contributed by atoms with Gasteiger partial charge >= 0.3 is 0 Å². The first-order valence-electron chi connectivity index (χ1n) is 6.12. The minimum absolute atomic E-state index is 0.0860. The van der Waals surface area contributed by atoms with Crippen LogP contribution in [-0.4, -0.2) is 24.7 Å². The van der Waals surface area contributed by atoms with Crippen molar-refractivity contribution in [2.24, 2.45) is 16.3 Å². The largest absolute Gasteiger partial charge is 0.497 e. The summed E-state index contributed by atoms with van der Waals surface area (Å²) >= 11 is 6.13. The molecule has 1 saturated carbocycles. The van der Waals surface area contributed by atoms with Gasteiger partial charge in [0.25, 0.3) is 0 Å². The minimum Gasteiger partial charge on any atom is -0.497 e. The summed E-state index contributed by atoms with van der Waals surface area (Å²) in [7, 11) is 1.62. The molecule has 4 N–H and O–H groups in total. The fraction of sp³-hybridized carbons (Fsp3) is 0.462. The molecule has 1 aliphatic rings. The highest BCUT2D eigenvalue weighted by Crippen LogP contribution is 2.49. The molecule has 0 radical (unpaired) electrons. The van der Waals surface area contributed by atoms with E-state index in [0.29, 0.717) is 11.4 Å². The number of hydrogen-bond donors (Lipinski definition) is 3. The van der Waals surface area contributed by atoms with Crippen LogP contribution in [0.25, 0.3) is 0 Å². The van der Waals surface area contributed by atoms with Gasteiger partial charge in [0.1, 0.15) is 11.6 Å². The molecular weight excluding hydrogens is 266 g/mol. The molecule has 0 bridgehead atoms. The summed E-state index contributed by atoms with van der Waals surface area (Å²) in [5.41, 5.74) is 6.50. The zero-order valence-electron chi connectivity index (χ0n) is 10.8. The van der Waals surface area contributed by atoms with Crippen LogP contribution in [-0.2, 0) is 0 Å². The third kappa shape index (κ3) is 3.44. The van der Waals surface area contributed by atoms with Gasteiger partial charge < -0.3 is 21.0 Å². The van der Waals surface area contributed by atoms with Crippen LogP contribution in [0.5, 0.6) is 5.75 Å². The van der Waals surface area contributed by atoms with Crippen molar-refractivity contribution in [1.29, 1.82) is 0 Å². The van der Waals surface area contributed by atoms with Gasteiger partial charge in [-0.15, -0.1) is 0 Å². The highest BCUT2D eigenvalue weighted by atomic mass is 35.5. The molecule has 0 spiro atoms. The van der Waals surface area contributed by atoms with E-state index in [1.54, 1.807) is 13.2 Å². The first kappa shape index (κ1) is 13.8. The number of nitrogens with two attached hydrogens (primary N) is 1. The Kier molecular flexibility index (Phi) is 4.04. The van der Waals surface area contributed by atoms with E-state index in [1.165, 1.54) is 0 Å². The van der Waals surface area contributed by atoms with Gasteiger partial charge in [0.15, 0.2) is 0 Å². The van der Waals surface area contributed by atoms with E-state index in [9.17, 15) is 0 Å². The Bertz CT molecular complexity index is 487. The van der Waals surface area contributed by atoms with E-state index in [4.69, 9.17) is 27.3 Å². The molecule has 1 aromatic rings. The normalized spacial score (nSPS) is 17.1. The van der Waals surface area contributed by atoms with Crippen molar-refractivity contribution in [2.75, 3.05) is 19.0 Å². The number of rotatable bonds is 6. The first-order chi connectivity index (χ1) is 9.08. The van der Waals surface area contributed by atoms with Crippen LogP contribution in [0.1, 0.15) is 19.3 Å². The number of amidine groups is 1. The maximum absolute atomic E-state index is 8.63. The van der Waals surface area contributed by atoms with Crippen molar-refractivity contribution in [2.45, 2.75) is 19.3 Å². The maximum Gasteiger partial charge on any atom is 0.139 e. The molecule has 0 heterocycles. The summed E-state index contributed by atoms with van der Waals surface area (Å²) in [5.74, 6) is 1.03. The maximum atomic E-state index is 8.63. The SMILES string of the molecule is COc1ccc(Cl)c(NCC2(CC(N)=NO)CC2)c1. The van der Waals surface area contributed by atoms with Gasteiger partial charge in [-0.1, -0.05) is 16.8 Å². The van der Waals surface area contributed by atoms with Crippen LogP contribution in [0.3, 0.4) is 0 Å². The van der Waals surface area contributed by atoms with Crippen LogP contribution in [0.4, 0.5) is 5.69 Å². The summed E-state index contributed by atoms with van der Waals surface area (Å²) in [6.45, 7) is 0.746. The Hall–Kier alpha value is -1.62. The van der Waals surface area contributed by atoms with Gasteiger partial charge in [-0.05, 0) is 30.4 Å². The third-order valence-corrected chi connectivity index (χ3v) is 3.80. The molecule has 2 rings (SSSR count). The second-order valence-electron chi connectivity index (χ2n) is 4.97. The van der Waals surface area contributed by atoms with Crippen molar-refractivity contribution in [3.8, 4) is 5.75 Å². The van der Waals surface area contributed by atoms with E-state index >= 15 is 0 Å². The fourth-order valence-electron chi connectivity index (χ4n) is 2.06. The molecular formula is C13H18ClN3O2. The van der Waals surface area contributed by atoms with E-state index < -0.39 is 0 Å². The lowest BCUT2D eigenvalue weighted by Gasteiger charge is -2.17. The predicted octanol–water partition coefficient (Wildman–Crippen LogP) is 2.68. The van der Waals surface area contributed by atoms with Crippen molar-refractivity contribution >= 4 is 23.1 Å². The first-order valence-corrected chi connectivity index (χ1v) is 6.50. The number of methoxy groups -OCH3 is 1. The molecule has 5 nitrogen and oxygen atoms in total. The number of halogens is 1. The number of nitrogens with zero attached hydrogens (tertiary/aromatic N) is 1. The summed E-state index contributed by atoms with van der Waals surface area (Å²) < 4.78 is 5.17. The summed E-state index contributed by atoms with van der Waals surface area (Å²) in [6, 6.07) is 5.48. The lowest BCUT2D eigenvalue weighted by molar-refractivity contribution is 0.315. The van der Waals surface area contributed by atoms with Crippen molar-refractivity contribution in [3.05, 3.63) is 23.2 Å². The summed E-state index contributed by atoms with van der Waals surface area (Å²) in [5, 5.41) is 15.6. The second-order valence-corrected chi connectivity index (χ2v) is 5.37. The van der Waals surface area contributed by atoms with Gasteiger partial charge in [-0.3, -0.25) is 0 Å². The molecule has 0 aliphatic heterocycles. The molecule has 0 amide bonds. The highest BCUT2D eigenvalue weighted by Gasteiger charge is 2.43. The van der Waals surface area contributed by atoms with Gasteiger partial charge in [-0.2, -0.15) is 0 Å². The second kappa shape index (κ2) is 5.57. The van der Waals surface area contributed by atoms with Gasteiger partial charge in [0.2, 0.25) is 0 Å². The van der Waals surface area contributed by atoms with Gasteiger partial charge in [-0.25, -0.2) is 0 Å². The molecule has 1 aliphatic carbocycles. The number of nitrogens with one attached hydrogen (secondary N) is 1. The van der Waals surface area contributed by atoms with Crippen LogP contribution in [0.15, 0.2) is 23.4 Å². The molecule has 19 heavy (non-hydrogen) atoms. The summed E-state index contributed by atoms with van der Waals surface area (Å²) in [6.07, 6.45) is 2.73. The molecule has 1 aromatic carbocycles. The lowest BCUT2D eigenvalue weighted by atomic mass is 10.0. The summed E-state index contributed by atoms with van der Waals surface area (Å²) in [4.78, 5) is 0. The zero-order chi connectivity index (χ0) is 13.9. The Morgan fingerprint density at radius 2 is 2.32 bits per heavy atom. The Balaban J connectivity index is 1.99. The van der Waals surface area contributed by atoms with Crippen LogP contribution in [0, 0.1) is 5.41 Å². The number of ether oxygens (including phenoxy) is 1. The quantitative estimate of drug-likeness (QED) is 0.324. The molecule has 6 heteroatoms. The Labute approximate surface area is 117 Å². The number of oxime groups is 1. The molecule has 104 valence electrons. The molecule has 0 unspecified atom stereocenters. The fourth-order valence-corrected chi connectivity index (χ4v) is 2.25. The minimum atomic E-state index is 0.0860. The smallest absolute Gasteiger partial charge is 0.139 e. The van der Waals surface area contributed by atoms with E-state index in [0.717, 1.165) is 30.8 Å². The molecule has 1 fully saturated rings. The van der Waals surface area contributed by atoms with E-state index in [2.05, 4.69) is 10.5 Å². The number of hydrogen-bond acceptors (Lipinski definition) is 4. The number of benzene rings is 1. The van der Waals surface area contributed by atoms with Crippen LogP contribution >= 0.6 is 11.6 Å². The average Bonchev–Trinajstić information content (AvgIpc) is 3.18. The van der Waals surface area contributed by atoms with Gasteiger partial charge in [0.05, 0.1) is 17.8 Å². The predicted molar refractivity (Wildman–Crippen MR) is 76.2 cm³/mol. The van der Waals surface area contributed by atoms with E-state index in [1.807, 2.05) is 12.1 Å². The number of anilines is 1. The van der Waals surface area contributed by atoms with Crippen LogP contribution in [0.2, 0.25) is 5.02 Å². The zero-order valence-corrected chi connectivity index (χ0v) is 11.6. The Morgan fingerprint density at radius 3 is 2.89 bits per heavy atom. The lowest BCUT2D eigenvalue weighted by Crippen LogP contribution is -2.23. The Morgan fingerprint density at radius 1 is 1.58 bits per heavy atom. The van der Waals surface area contributed by atoms with Crippen molar-refractivity contribution in [3.63, 3.8) is 0 Å². The molecule has 0 atom stereocenters. The molecule has 0 aromatic heterocycles. The highest BCUT2D eigenvalue weighted by molar-refractivity contribution is 6.33. The topological polar surface area (TPSA) is 79.9 Å².